The Kier molecular flexibility index (Phi) is 4.93. The number of fused-ring (bicyclic) bond motifs is 3. The summed E-state index contributed by atoms with van der Waals surface area (Å²) in [5.74, 6) is -1.15. The number of ether oxygens (including phenoxy) is 1. The summed E-state index contributed by atoms with van der Waals surface area (Å²) in [6, 6.07) is 5.66. The van der Waals surface area contributed by atoms with Crippen LogP contribution in [0.2, 0.25) is 0 Å². The minimum absolute atomic E-state index is 0.152. The van der Waals surface area contributed by atoms with Gasteiger partial charge < -0.3 is 10.1 Å². The van der Waals surface area contributed by atoms with Gasteiger partial charge in [-0.25, -0.2) is 4.79 Å². The summed E-state index contributed by atoms with van der Waals surface area (Å²) in [4.78, 5) is 25.0. The van der Waals surface area contributed by atoms with E-state index in [0.717, 1.165) is 41.6 Å². The summed E-state index contributed by atoms with van der Waals surface area (Å²) in [6.07, 6.45) is -2.87. The number of amides is 2. The van der Waals surface area contributed by atoms with Crippen LogP contribution in [0.1, 0.15) is 24.0 Å². The second kappa shape index (κ2) is 7.41. The number of aromatic nitrogens is 2. The highest BCUT2D eigenvalue weighted by molar-refractivity contribution is 5.90. The maximum atomic E-state index is 12.2. The van der Waals surface area contributed by atoms with Crippen molar-refractivity contribution in [3.8, 4) is 11.3 Å². The Bertz CT molecular complexity index is 941. The number of H-pyrrole nitrogens is 1. The predicted octanol–water partition coefficient (Wildman–Crippen LogP) is 2.96. The summed E-state index contributed by atoms with van der Waals surface area (Å²) in [5, 5.41) is 9.30. The van der Waals surface area contributed by atoms with E-state index in [1.807, 2.05) is 18.3 Å². The number of carbonyl (C=O) groups is 2. The second-order valence-electron chi connectivity index (χ2n) is 7.18. The number of nitrogens with zero attached hydrogens (tertiary/aromatic N) is 2. The van der Waals surface area contributed by atoms with E-state index in [1.54, 1.807) is 6.07 Å². The van der Waals surface area contributed by atoms with Crippen LogP contribution in [-0.4, -0.2) is 47.6 Å². The molecule has 4 rings (SSSR count). The molecule has 2 aliphatic rings. The van der Waals surface area contributed by atoms with Gasteiger partial charge in [0.25, 0.3) is 0 Å². The molecule has 7 nitrogen and oxygen atoms in total. The zero-order valence-corrected chi connectivity index (χ0v) is 15.4. The molecule has 10 heteroatoms. The summed E-state index contributed by atoms with van der Waals surface area (Å²) in [6.45, 7) is -0.0151. The number of benzene rings is 1. The molecule has 2 heterocycles. The molecule has 2 N–H and O–H groups in total. The third kappa shape index (κ3) is 4.20. The average Bonchev–Trinajstić information content (AvgIpc) is 3.21. The number of hydrogen-bond acceptors (Lipinski definition) is 4. The van der Waals surface area contributed by atoms with Gasteiger partial charge in [-0.1, -0.05) is 6.07 Å². The molecular weight excluding hydrogens is 389 g/mol. The van der Waals surface area contributed by atoms with E-state index in [2.05, 4.69) is 15.5 Å². The van der Waals surface area contributed by atoms with E-state index < -0.39 is 30.7 Å². The van der Waals surface area contributed by atoms with Crippen LogP contribution in [0.25, 0.3) is 11.3 Å². The average molecular weight is 408 g/mol. The highest BCUT2D eigenvalue weighted by atomic mass is 19.4. The minimum atomic E-state index is -4.57. The molecule has 1 atom stereocenters. The lowest BCUT2D eigenvalue weighted by Gasteiger charge is -2.16. The first-order valence-electron chi connectivity index (χ1n) is 9.27. The molecule has 1 aliphatic carbocycles. The van der Waals surface area contributed by atoms with Gasteiger partial charge in [0.15, 0.2) is 0 Å². The van der Waals surface area contributed by atoms with Crippen molar-refractivity contribution in [3.63, 3.8) is 0 Å². The number of hydrogen-bond donors (Lipinski definition) is 2. The number of halogens is 3. The maximum absolute atomic E-state index is 12.2. The Labute approximate surface area is 164 Å². The largest absolute Gasteiger partial charge is 0.442 e. The van der Waals surface area contributed by atoms with Crippen molar-refractivity contribution < 1.29 is 27.5 Å². The molecule has 1 aromatic carbocycles. The number of carbonyl (C=O) groups excluding carboxylic acids is 2. The van der Waals surface area contributed by atoms with Crippen molar-refractivity contribution in [1.29, 1.82) is 0 Å². The van der Waals surface area contributed by atoms with Crippen molar-refractivity contribution in [2.24, 2.45) is 0 Å². The smallest absolute Gasteiger partial charge is 0.414 e. The molecule has 0 unspecified atom stereocenters. The normalized spacial score (nSPS) is 18.7. The highest BCUT2D eigenvalue weighted by Gasteiger charge is 2.35. The number of cyclic esters (lactones) is 1. The highest BCUT2D eigenvalue weighted by Crippen LogP contribution is 2.34. The third-order valence-corrected chi connectivity index (χ3v) is 5.04. The fourth-order valence-corrected chi connectivity index (χ4v) is 3.71. The lowest BCUT2D eigenvalue weighted by atomic mass is 10.0. The molecule has 2 aromatic rings. The summed E-state index contributed by atoms with van der Waals surface area (Å²) in [7, 11) is 0. The third-order valence-electron chi connectivity index (χ3n) is 5.04. The van der Waals surface area contributed by atoms with Crippen molar-refractivity contribution in [3.05, 3.63) is 35.5 Å². The lowest BCUT2D eigenvalue weighted by Crippen LogP contribution is -2.36. The molecule has 0 saturated carbocycles. The van der Waals surface area contributed by atoms with Crippen molar-refractivity contribution in [1.82, 2.24) is 15.5 Å². The van der Waals surface area contributed by atoms with Crippen LogP contribution in [0.3, 0.4) is 0 Å². The standard InChI is InChI=1S/C19H19F3N4O3/c20-19(21,22)7-16(27)23-9-14-10-26(18(28)29-14)13-4-5-15-11(6-13)2-1-3-12-8-24-25-17(12)15/h4-6,8,14H,1-3,7,9-10H2,(H,23,27)(H,24,25)/t14-/m0/s1. The van der Waals surface area contributed by atoms with Gasteiger partial charge in [-0.2, -0.15) is 18.3 Å². The number of nitrogens with one attached hydrogen (secondary N) is 2. The van der Waals surface area contributed by atoms with Crippen LogP contribution in [0, 0.1) is 0 Å². The molecule has 0 spiro atoms. The number of aryl methyl sites for hydroxylation is 2. The summed E-state index contributed by atoms with van der Waals surface area (Å²) in [5.41, 5.74) is 4.92. The van der Waals surface area contributed by atoms with Gasteiger partial charge in [-0.05, 0) is 42.5 Å². The Morgan fingerprint density at radius 1 is 1.31 bits per heavy atom. The molecule has 154 valence electrons. The SMILES string of the molecule is O=C(CC(F)(F)F)NC[C@H]1CN(c2ccc3c(c2)CCCc2cn[nH]c2-3)C(=O)O1. The van der Waals surface area contributed by atoms with E-state index in [9.17, 15) is 22.8 Å². The van der Waals surface area contributed by atoms with Gasteiger partial charge in [-0.15, -0.1) is 0 Å². The topological polar surface area (TPSA) is 87.3 Å². The van der Waals surface area contributed by atoms with Crippen LogP contribution in [0.15, 0.2) is 24.4 Å². The first kappa shape index (κ1) is 19.3. The van der Waals surface area contributed by atoms with E-state index in [0.29, 0.717) is 5.69 Å². The van der Waals surface area contributed by atoms with Crippen LogP contribution >= 0.6 is 0 Å². The Balaban J connectivity index is 1.44. The van der Waals surface area contributed by atoms with Crippen LogP contribution in [0.4, 0.5) is 23.7 Å². The van der Waals surface area contributed by atoms with Crippen LogP contribution in [-0.2, 0) is 22.4 Å². The summed E-state index contributed by atoms with van der Waals surface area (Å²) >= 11 is 0. The van der Waals surface area contributed by atoms with Gasteiger partial charge in [0.2, 0.25) is 5.91 Å². The molecule has 1 saturated heterocycles. The molecule has 29 heavy (non-hydrogen) atoms. The molecule has 0 bridgehead atoms. The van der Waals surface area contributed by atoms with Gasteiger partial charge >= 0.3 is 12.3 Å². The fraction of sp³-hybridized carbons (Fsp3) is 0.421. The fourth-order valence-electron chi connectivity index (χ4n) is 3.71. The van der Waals surface area contributed by atoms with E-state index in [4.69, 9.17) is 4.74 Å². The predicted molar refractivity (Wildman–Crippen MR) is 97.3 cm³/mol. The minimum Gasteiger partial charge on any atom is -0.442 e. The maximum Gasteiger partial charge on any atom is 0.414 e. The molecular formula is C19H19F3N4O3. The number of alkyl halides is 3. The molecule has 1 fully saturated rings. The first-order valence-corrected chi connectivity index (χ1v) is 9.27. The first-order chi connectivity index (χ1) is 13.8. The summed E-state index contributed by atoms with van der Waals surface area (Å²) < 4.78 is 41.9. The molecule has 1 aromatic heterocycles. The van der Waals surface area contributed by atoms with Gasteiger partial charge in [0.1, 0.15) is 12.5 Å². The molecule has 1 aliphatic heterocycles. The van der Waals surface area contributed by atoms with Crippen molar-refractivity contribution >= 4 is 17.7 Å². The quantitative estimate of drug-likeness (QED) is 0.814. The Morgan fingerprint density at radius 2 is 2.10 bits per heavy atom. The number of aromatic amines is 1. The number of rotatable bonds is 4. The van der Waals surface area contributed by atoms with Crippen LogP contribution in [0.5, 0.6) is 0 Å². The Hall–Kier alpha value is -3.04. The van der Waals surface area contributed by atoms with Crippen molar-refractivity contribution in [2.75, 3.05) is 18.0 Å². The van der Waals surface area contributed by atoms with Crippen molar-refractivity contribution in [2.45, 2.75) is 38.0 Å². The van der Waals surface area contributed by atoms with E-state index in [-0.39, 0.29) is 13.1 Å². The van der Waals surface area contributed by atoms with Crippen LogP contribution < -0.4 is 10.2 Å². The lowest BCUT2D eigenvalue weighted by molar-refractivity contribution is -0.154. The van der Waals surface area contributed by atoms with Gasteiger partial charge in [0, 0.05) is 11.3 Å². The zero-order chi connectivity index (χ0) is 20.6. The van der Waals surface area contributed by atoms with Gasteiger partial charge in [-0.3, -0.25) is 14.8 Å². The monoisotopic (exact) mass is 408 g/mol. The number of anilines is 1. The zero-order valence-electron chi connectivity index (χ0n) is 15.4. The Morgan fingerprint density at radius 3 is 2.90 bits per heavy atom. The molecule has 2 amide bonds. The van der Waals surface area contributed by atoms with E-state index in [1.165, 1.54) is 4.90 Å². The van der Waals surface area contributed by atoms with Gasteiger partial charge in [0.05, 0.1) is 25.0 Å². The molecule has 0 radical (unpaired) electrons. The van der Waals surface area contributed by atoms with E-state index >= 15 is 0 Å². The second-order valence-corrected chi connectivity index (χ2v) is 7.18.